The Balaban J connectivity index is 1.75. The fourth-order valence-corrected chi connectivity index (χ4v) is 3.43. The smallest absolute Gasteiger partial charge is 0.274 e. The van der Waals surface area contributed by atoms with Crippen LogP contribution in [0.25, 0.3) is 0 Å². The molecule has 0 saturated carbocycles. The molecule has 2 amide bonds. The molecule has 1 aliphatic heterocycles. The molecule has 0 spiro atoms. The molecule has 1 atom stereocenters. The highest BCUT2D eigenvalue weighted by molar-refractivity contribution is 6.03. The number of aromatic nitrogens is 2. The van der Waals surface area contributed by atoms with Gasteiger partial charge in [-0.05, 0) is 43.9 Å². The fourth-order valence-electron chi connectivity index (χ4n) is 3.43. The monoisotopic (exact) mass is 367 g/mol. The summed E-state index contributed by atoms with van der Waals surface area (Å²) in [6, 6.07) is 9.22. The second-order valence-corrected chi connectivity index (χ2v) is 6.73. The van der Waals surface area contributed by atoms with E-state index in [1.165, 1.54) is 19.7 Å². The molecule has 2 heterocycles. The Bertz CT molecular complexity index is 824. The Morgan fingerprint density at radius 3 is 2.67 bits per heavy atom. The van der Waals surface area contributed by atoms with E-state index in [2.05, 4.69) is 32.4 Å². The topological polar surface area (TPSA) is 87.2 Å². The van der Waals surface area contributed by atoms with Crippen LogP contribution < -0.4 is 15.5 Å². The van der Waals surface area contributed by atoms with E-state index in [9.17, 15) is 9.59 Å². The molecule has 7 nitrogen and oxygen atoms in total. The second-order valence-electron chi connectivity index (χ2n) is 6.73. The van der Waals surface area contributed by atoms with Gasteiger partial charge in [-0.1, -0.05) is 13.0 Å². The highest BCUT2D eigenvalue weighted by atomic mass is 16.2. The van der Waals surface area contributed by atoms with Gasteiger partial charge in [0.05, 0.1) is 0 Å². The predicted molar refractivity (Wildman–Crippen MR) is 106 cm³/mol. The van der Waals surface area contributed by atoms with E-state index in [0.29, 0.717) is 23.1 Å². The molecular formula is C20H25N5O2. The molecular weight excluding hydrogens is 342 g/mol. The van der Waals surface area contributed by atoms with Crippen LogP contribution in [0.3, 0.4) is 0 Å². The first kappa shape index (κ1) is 18.8. The van der Waals surface area contributed by atoms with Gasteiger partial charge in [0, 0.05) is 37.0 Å². The zero-order valence-corrected chi connectivity index (χ0v) is 15.7. The van der Waals surface area contributed by atoms with Crippen LogP contribution in [-0.4, -0.2) is 34.4 Å². The molecule has 0 aliphatic carbocycles. The Morgan fingerprint density at radius 2 is 1.93 bits per heavy atom. The molecule has 1 aromatic carbocycles. The second kappa shape index (κ2) is 8.62. The minimum atomic E-state index is -0.302. The van der Waals surface area contributed by atoms with E-state index in [1.807, 2.05) is 0 Å². The number of hydrogen-bond acceptors (Lipinski definition) is 5. The fraction of sp³-hybridized carbons (Fsp3) is 0.400. The normalized spacial score (nSPS) is 16.7. The van der Waals surface area contributed by atoms with Crippen molar-refractivity contribution in [2.75, 3.05) is 22.1 Å². The quantitative estimate of drug-likeness (QED) is 0.845. The van der Waals surface area contributed by atoms with Crippen LogP contribution in [-0.2, 0) is 4.79 Å². The number of nitrogens with zero attached hydrogens (tertiary/aromatic N) is 3. The summed E-state index contributed by atoms with van der Waals surface area (Å²) in [4.78, 5) is 34.6. The summed E-state index contributed by atoms with van der Waals surface area (Å²) in [6.07, 6.45) is 6.02. The summed E-state index contributed by atoms with van der Waals surface area (Å²) in [5, 5.41) is 5.53. The van der Waals surface area contributed by atoms with Crippen LogP contribution in [0.5, 0.6) is 0 Å². The van der Waals surface area contributed by atoms with Gasteiger partial charge in [-0.3, -0.25) is 9.59 Å². The van der Waals surface area contributed by atoms with Gasteiger partial charge in [0.15, 0.2) is 0 Å². The van der Waals surface area contributed by atoms with Crippen molar-refractivity contribution < 1.29 is 9.59 Å². The first-order valence-electron chi connectivity index (χ1n) is 9.34. The van der Waals surface area contributed by atoms with Crippen LogP contribution in [0.2, 0.25) is 0 Å². The van der Waals surface area contributed by atoms with Gasteiger partial charge in [0.2, 0.25) is 5.91 Å². The number of anilines is 3. The number of hydrogen-bond donors (Lipinski definition) is 2. The van der Waals surface area contributed by atoms with Crippen molar-refractivity contribution in [3.63, 3.8) is 0 Å². The highest BCUT2D eigenvalue weighted by Crippen LogP contribution is 2.25. The third-order valence-corrected chi connectivity index (χ3v) is 4.72. The SMILES string of the molecule is CCC1CCCCN1c1cc(C(=O)Nc2cccc(NC(C)=O)c2)ncn1. The van der Waals surface area contributed by atoms with E-state index >= 15 is 0 Å². The number of benzene rings is 1. The Hall–Kier alpha value is -2.96. The third-order valence-electron chi connectivity index (χ3n) is 4.72. The summed E-state index contributed by atoms with van der Waals surface area (Å²) in [5.74, 6) is 0.336. The van der Waals surface area contributed by atoms with Crippen molar-refractivity contribution in [3.8, 4) is 0 Å². The molecule has 0 bridgehead atoms. The Morgan fingerprint density at radius 1 is 1.15 bits per heavy atom. The highest BCUT2D eigenvalue weighted by Gasteiger charge is 2.23. The first-order chi connectivity index (χ1) is 13.1. The third kappa shape index (κ3) is 4.81. The molecule has 0 radical (unpaired) electrons. The lowest BCUT2D eigenvalue weighted by Gasteiger charge is -2.36. The van der Waals surface area contributed by atoms with E-state index in [0.717, 1.165) is 31.6 Å². The minimum absolute atomic E-state index is 0.161. The summed E-state index contributed by atoms with van der Waals surface area (Å²) < 4.78 is 0. The van der Waals surface area contributed by atoms with E-state index in [-0.39, 0.29) is 11.8 Å². The maximum atomic E-state index is 12.6. The van der Waals surface area contributed by atoms with Crippen molar-refractivity contribution in [2.45, 2.75) is 45.6 Å². The van der Waals surface area contributed by atoms with Gasteiger partial charge >= 0.3 is 0 Å². The molecule has 3 rings (SSSR count). The van der Waals surface area contributed by atoms with Crippen molar-refractivity contribution in [1.29, 1.82) is 0 Å². The molecule has 2 N–H and O–H groups in total. The van der Waals surface area contributed by atoms with Crippen molar-refractivity contribution >= 4 is 29.0 Å². The van der Waals surface area contributed by atoms with Crippen molar-refractivity contribution in [3.05, 3.63) is 42.4 Å². The number of carbonyl (C=O) groups excluding carboxylic acids is 2. The number of rotatable bonds is 5. The van der Waals surface area contributed by atoms with Gasteiger partial charge in [-0.15, -0.1) is 0 Å². The molecule has 27 heavy (non-hydrogen) atoms. The van der Waals surface area contributed by atoms with Crippen LogP contribution in [0.15, 0.2) is 36.7 Å². The Labute approximate surface area is 159 Å². The van der Waals surface area contributed by atoms with Crippen LogP contribution >= 0.6 is 0 Å². The lowest BCUT2D eigenvalue weighted by Crippen LogP contribution is -2.39. The van der Waals surface area contributed by atoms with Gasteiger partial charge in [-0.25, -0.2) is 9.97 Å². The van der Waals surface area contributed by atoms with Gasteiger partial charge in [0.25, 0.3) is 5.91 Å². The van der Waals surface area contributed by atoms with E-state index in [1.54, 1.807) is 30.3 Å². The molecule has 7 heteroatoms. The molecule has 2 aromatic rings. The molecule has 142 valence electrons. The number of amides is 2. The zero-order valence-electron chi connectivity index (χ0n) is 15.7. The van der Waals surface area contributed by atoms with Crippen LogP contribution in [0.1, 0.15) is 50.0 Å². The average Bonchev–Trinajstić information content (AvgIpc) is 2.68. The van der Waals surface area contributed by atoms with Gasteiger partial charge in [-0.2, -0.15) is 0 Å². The van der Waals surface area contributed by atoms with Gasteiger partial charge < -0.3 is 15.5 Å². The molecule has 1 aromatic heterocycles. The summed E-state index contributed by atoms with van der Waals surface area (Å²) in [5.41, 5.74) is 1.55. The summed E-state index contributed by atoms with van der Waals surface area (Å²) in [7, 11) is 0. The van der Waals surface area contributed by atoms with Crippen LogP contribution in [0, 0.1) is 0 Å². The van der Waals surface area contributed by atoms with Crippen molar-refractivity contribution in [2.24, 2.45) is 0 Å². The van der Waals surface area contributed by atoms with Crippen LogP contribution in [0.4, 0.5) is 17.2 Å². The van der Waals surface area contributed by atoms with E-state index in [4.69, 9.17) is 0 Å². The standard InChI is InChI=1S/C20H25N5O2/c1-3-17-9-4-5-10-25(17)19-12-18(21-13-22-19)20(27)24-16-8-6-7-15(11-16)23-14(2)26/h6-8,11-13,17H,3-5,9-10H2,1-2H3,(H,23,26)(H,24,27). The summed E-state index contributed by atoms with van der Waals surface area (Å²) in [6.45, 7) is 4.58. The maximum Gasteiger partial charge on any atom is 0.274 e. The molecule has 1 saturated heterocycles. The molecule has 1 fully saturated rings. The largest absolute Gasteiger partial charge is 0.354 e. The van der Waals surface area contributed by atoms with Crippen molar-refractivity contribution in [1.82, 2.24) is 9.97 Å². The zero-order chi connectivity index (χ0) is 19.2. The number of piperidine rings is 1. The predicted octanol–water partition coefficient (Wildman–Crippen LogP) is 3.46. The molecule has 1 unspecified atom stereocenters. The first-order valence-corrected chi connectivity index (χ1v) is 9.34. The average molecular weight is 367 g/mol. The minimum Gasteiger partial charge on any atom is -0.354 e. The number of nitrogens with one attached hydrogen (secondary N) is 2. The number of carbonyl (C=O) groups is 2. The summed E-state index contributed by atoms with van der Waals surface area (Å²) >= 11 is 0. The van der Waals surface area contributed by atoms with E-state index < -0.39 is 0 Å². The lowest BCUT2D eigenvalue weighted by molar-refractivity contribution is -0.114. The maximum absolute atomic E-state index is 12.6. The lowest BCUT2D eigenvalue weighted by atomic mass is 10.00. The Kier molecular flexibility index (Phi) is 6.01. The molecule has 1 aliphatic rings. The van der Waals surface area contributed by atoms with Gasteiger partial charge in [0.1, 0.15) is 17.8 Å².